The number of rotatable bonds is 9. The molecule has 0 fully saturated rings. The molecule has 0 spiro atoms. The highest BCUT2D eigenvalue weighted by Gasteiger charge is 2.27. The van der Waals surface area contributed by atoms with Gasteiger partial charge in [0.25, 0.3) is 0 Å². The summed E-state index contributed by atoms with van der Waals surface area (Å²) in [6.45, 7) is 3.05. The number of ketones is 1. The Morgan fingerprint density at radius 2 is 1.90 bits per heavy atom. The molecule has 2 aromatic heterocycles. The minimum absolute atomic E-state index is 0.0711. The van der Waals surface area contributed by atoms with Gasteiger partial charge in [-0.25, -0.2) is 0 Å². The van der Waals surface area contributed by atoms with Gasteiger partial charge in [0.15, 0.2) is 10.9 Å². The second kappa shape index (κ2) is 9.09. The highest BCUT2D eigenvalue weighted by molar-refractivity contribution is 8.00. The molecule has 4 aromatic rings. The van der Waals surface area contributed by atoms with Crippen LogP contribution in [0.4, 0.5) is 0 Å². The van der Waals surface area contributed by atoms with Crippen LogP contribution in [0.1, 0.15) is 47.4 Å². The molecule has 0 saturated carbocycles. The fourth-order valence-electron chi connectivity index (χ4n) is 3.44. The van der Waals surface area contributed by atoms with Gasteiger partial charge in [-0.1, -0.05) is 80.1 Å². The quantitative estimate of drug-likeness (QED) is 0.222. The Morgan fingerprint density at radius 1 is 1.10 bits per heavy atom. The van der Waals surface area contributed by atoms with E-state index in [-0.39, 0.29) is 11.0 Å². The number of aryl methyl sites for hydroxylation is 1. The molecule has 4 rings (SSSR count). The minimum Gasteiger partial charge on any atom is -0.360 e. The average molecular weight is 405 g/mol. The van der Waals surface area contributed by atoms with Crippen LogP contribution in [-0.4, -0.2) is 25.5 Å². The third-order valence-corrected chi connectivity index (χ3v) is 6.25. The zero-order chi connectivity index (χ0) is 20.1. The SMILES string of the molecule is CCCCCn1cnnc1S[C@@H](C(=O)c1c[nH]c2ccccc12)c1ccccc1. The monoisotopic (exact) mass is 404 g/mol. The molecule has 0 radical (unpaired) electrons. The van der Waals surface area contributed by atoms with Crippen molar-refractivity contribution in [3.05, 3.63) is 78.2 Å². The summed E-state index contributed by atoms with van der Waals surface area (Å²) in [4.78, 5) is 16.8. The Labute approximate surface area is 174 Å². The molecule has 1 atom stereocenters. The standard InChI is InChI=1S/C23H24N4OS/c1-2-3-9-14-27-16-25-26-23(27)29-22(17-10-5-4-6-11-17)21(28)19-15-24-20-13-8-7-12-18(19)20/h4-8,10-13,15-16,22,24H,2-3,9,14H2,1H3/t22-/m1/s1. The number of aromatic nitrogens is 4. The lowest BCUT2D eigenvalue weighted by Crippen LogP contribution is -2.11. The summed E-state index contributed by atoms with van der Waals surface area (Å²) < 4.78 is 2.05. The number of unbranched alkanes of at least 4 members (excludes halogenated alkanes) is 2. The molecule has 2 aromatic carbocycles. The third kappa shape index (κ3) is 4.27. The maximum atomic E-state index is 13.6. The van der Waals surface area contributed by atoms with Crippen molar-refractivity contribution >= 4 is 28.4 Å². The molecule has 6 heteroatoms. The predicted octanol–water partition coefficient (Wildman–Crippen LogP) is 5.67. The van der Waals surface area contributed by atoms with Crippen molar-refractivity contribution in [1.82, 2.24) is 19.7 Å². The Balaban J connectivity index is 1.67. The topological polar surface area (TPSA) is 63.6 Å². The molecule has 0 aliphatic heterocycles. The van der Waals surface area contributed by atoms with E-state index in [0.717, 1.165) is 41.0 Å². The molecule has 0 amide bonds. The number of aromatic amines is 1. The van der Waals surface area contributed by atoms with Gasteiger partial charge in [0, 0.05) is 29.2 Å². The Bertz CT molecular complexity index is 1090. The van der Waals surface area contributed by atoms with Crippen LogP contribution < -0.4 is 0 Å². The Morgan fingerprint density at radius 3 is 2.72 bits per heavy atom. The van der Waals surface area contributed by atoms with Crippen molar-refractivity contribution in [2.75, 3.05) is 0 Å². The summed E-state index contributed by atoms with van der Waals surface area (Å²) in [5.41, 5.74) is 2.64. The Kier molecular flexibility index (Phi) is 6.10. The van der Waals surface area contributed by atoms with E-state index in [1.54, 1.807) is 6.33 Å². The molecule has 148 valence electrons. The lowest BCUT2D eigenvalue weighted by atomic mass is 10.0. The van der Waals surface area contributed by atoms with Crippen molar-refractivity contribution < 1.29 is 4.79 Å². The van der Waals surface area contributed by atoms with Gasteiger partial charge in [-0.2, -0.15) is 0 Å². The van der Waals surface area contributed by atoms with Gasteiger partial charge in [-0.3, -0.25) is 4.79 Å². The number of carbonyl (C=O) groups is 1. The number of thioether (sulfide) groups is 1. The van der Waals surface area contributed by atoms with Gasteiger partial charge in [0.05, 0.1) is 0 Å². The third-order valence-electron chi connectivity index (χ3n) is 5.00. The van der Waals surface area contributed by atoms with Gasteiger partial charge in [0.2, 0.25) is 0 Å². The number of hydrogen-bond acceptors (Lipinski definition) is 4. The molecule has 5 nitrogen and oxygen atoms in total. The van der Waals surface area contributed by atoms with Crippen LogP contribution in [0.5, 0.6) is 0 Å². The normalized spacial score (nSPS) is 12.3. The second-order valence-electron chi connectivity index (χ2n) is 7.03. The van der Waals surface area contributed by atoms with E-state index in [0.29, 0.717) is 5.56 Å². The summed E-state index contributed by atoms with van der Waals surface area (Å²) in [5.74, 6) is 0.0711. The zero-order valence-electron chi connectivity index (χ0n) is 16.4. The summed E-state index contributed by atoms with van der Waals surface area (Å²) >= 11 is 1.47. The molecule has 1 N–H and O–H groups in total. The first-order valence-electron chi connectivity index (χ1n) is 9.97. The van der Waals surface area contributed by atoms with Gasteiger partial charge in [0.1, 0.15) is 11.6 Å². The number of nitrogens with zero attached hydrogens (tertiary/aromatic N) is 3. The molecule has 0 aliphatic rings. The summed E-state index contributed by atoms with van der Waals surface area (Å²) in [6.07, 6.45) is 6.98. The number of para-hydroxylation sites is 1. The van der Waals surface area contributed by atoms with E-state index in [1.807, 2.05) is 60.8 Å². The first kappa shape index (κ1) is 19.5. The summed E-state index contributed by atoms with van der Waals surface area (Å²) in [6, 6.07) is 17.8. The van der Waals surface area contributed by atoms with Crippen molar-refractivity contribution in [2.24, 2.45) is 0 Å². The molecular weight excluding hydrogens is 380 g/mol. The van der Waals surface area contributed by atoms with Crippen molar-refractivity contribution in [3.8, 4) is 0 Å². The van der Waals surface area contributed by atoms with Crippen LogP contribution in [0.25, 0.3) is 10.9 Å². The van der Waals surface area contributed by atoms with Crippen LogP contribution in [0, 0.1) is 0 Å². The minimum atomic E-state index is -0.385. The average Bonchev–Trinajstić information content (AvgIpc) is 3.39. The lowest BCUT2D eigenvalue weighted by molar-refractivity contribution is 0.0991. The predicted molar refractivity (Wildman–Crippen MR) is 117 cm³/mol. The summed E-state index contributed by atoms with van der Waals surface area (Å²) in [7, 11) is 0. The molecule has 0 unspecified atom stereocenters. The van der Waals surface area contributed by atoms with Gasteiger partial charge < -0.3 is 9.55 Å². The number of hydrogen-bond donors (Lipinski definition) is 1. The van der Waals surface area contributed by atoms with Crippen LogP contribution in [0.15, 0.2) is 72.3 Å². The fourth-order valence-corrected chi connectivity index (χ4v) is 4.55. The van der Waals surface area contributed by atoms with E-state index in [9.17, 15) is 4.79 Å². The van der Waals surface area contributed by atoms with E-state index in [1.165, 1.54) is 18.2 Å². The lowest BCUT2D eigenvalue weighted by Gasteiger charge is -2.16. The number of H-pyrrole nitrogens is 1. The molecule has 29 heavy (non-hydrogen) atoms. The molecule has 2 heterocycles. The number of carbonyl (C=O) groups excluding carboxylic acids is 1. The molecule has 0 bridgehead atoms. The number of benzene rings is 2. The largest absolute Gasteiger partial charge is 0.360 e. The highest BCUT2D eigenvalue weighted by Crippen LogP contribution is 2.38. The summed E-state index contributed by atoms with van der Waals surface area (Å²) in [5, 5.41) is 9.74. The van der Waals surface area contributed by atoms with E-state index < -0.39 is 0 Å². The first-order valence-corrected chi connectivity index (χ1v) is 10.9. The molecule has 0 aliphatic carbocycles. The van der Waals surface area contributed by atoms with Crippen molar-refractivity contribution in [2.45, 2.75) is 43.1 Å². The van der Waals surface area contributed by atoms with E-state index >= 15 is 0 Å². The fraction of sp³-hybridized carbons (Fsp3) is 0.261. The van der Waals surface area contributed by atoms with Gasteiger partial charge >= 0.3 is 0 Å². The van der Waals surface area contributed by atoms with Crippen molar-refractivity contribution in [3.63, 3.8) is 0 Å². The smallest absolute Gasteiger partial charge is 0.192 e. The highest BCUT2D eigenvalue weighted by atomic mass is 32.2. The number of Topliss-reactive ketones (excluding diaryl/α,β-unsaturated/α-hetero) is 1. The van der Waals surface area contributed by atoms with Crippen LogP contribution >= 0.6 is 11.8 Å². The number of fused-ring (bicyclic) bond motifs is 1. The Hall–Kier alpha value is -2.86. The molecule has 0 saturated heterocycles. The van der Waals surface area contributed by atoms with E-state index in [4.69, 9.17) is 0 Å². The first-order chi connectivity index (χ1) is 14.3. The van der Waals surface area contributed by atoms with Gasteiger partial charge in [-0.15, -0.1) is 10.2 Å². The van der Waals surface area contributed by atoms with Crippen LogP contribution in [0.3, 0.4) is 0 Å². The zero-order valence-corrected chi connectivity index (χ0v) is 17.2. The van der Waals surface area contributed by atoms with Crippen molar-refractivity contribution in [1.29, 1.82) is 0 Å². The van der Waals surface area contributed by atoms with Crippen LogP contribution in [-0.2, 0) is 6.54 Å². The second-order valence-corrected chi connectivity index (χ2v) is 8.11. The molecular formula is C23H24N4OS. The van der Waals surface area contributed by atoms with Crippen LogP contribution in [0.2, 0.25) is 0 Å². The van der Waals surface area contributed by atoms with E-state index in [2.05, 4.69) is 26.7 Å². The number of nitrogens with one attached hydrogen (secondary N) is 1. The maximum absolute atomic E-state index is 13.6. The van der Waals surface area contributed by atoms with Gasteiger partial charge in [-0.05, 0) is 18.1 Å². The maximum Gasteiger partial charge on any atom is 0.192 e.